The van der Waals surface area contributed by atoms with Gasteiger partial charge < -0.3 is 11.5 Å². The van der Waals surface area contributed by atoms with Crippen LogP contribution in [0, 0.1) is 6.92 Å². The molecule has 0 aliphatic rings. The van der Waals surface area contributed by atoms with Gasteiger partial charge in [-0.05, 0) is 42.1 Å². The Morgan fingerprint density at radius 1 is 0.842 bits per heavy atom. The van der Waals surface area contributed by atoms with E-state index >= 15 is 0 Å². The Labute approximate surface area is 222 Å². The molecule has 7 nitrogen and oxygen atoms in total. The summed E-state index contributed by atoms with van der Waals surface area (Å²) in [6.07, 6.45) is 1.49. The van der Waals surface area contributed by atoms with Crippen molar-refractivity contribution in [2.75, 3.05) is 11.5 Å². The molecule has 38 heavy (non-hydrogen) atoms. The summed E-state index contributed by atoms with van der Waals surface area (Å²) < 4.78 is 3.00. The van der Waals surface area contributed by atoms with E-state index in [1.807, 2.05) is 47.1 Å². The van der Waals surface area contributed by atoms with Crippen LogP contribution in [0.15, 0.2) is 85.2 Å². The smallest absolute Gasteiger partial charge is 0.164 e. The summed E-state index contributed by atoms with van der Waals surface area (Å²) in [4.78, 5) is 14.0. The van der Waals surface area contributed by atoms with Gasteiger partial charge in [0, 0.05) is 26.8 Å². The average Bonchev–Trinajstić information content (AvgIpc) is 3.48. The highest BCUT2D eigenvalue weighted by Crippen LogP contribution is 2.36. The first-order chi connectivity index (χ1) is 18.5. The molecular formula is C30H23N7S. The number of thiophene rings is 1. The van der Waals surface area contributed by atoms with Crippen molar-refractivity contribution >= 4 is 54.2 Å². The van der Waals surface area contributed by atoms with Crippen LogP contribution in [0.5, 0.6) is 0 Å². The van der Waals surface area contributed by atoms with Gasteiger partial charge in [-0.15, -0.1) is 11.3 Å². The van der Waals surface area contributed by atoms with Gasteiger partial charge in [0.05, 0.1) is 28.1 Å². The predicted molar refractivity (Wildman–Crippen MR) is 156 cm³/mol. The van der Waals surface area contributed by atoms with Crippen LogP contribution < -0.4 is 11.5 Å². The molecule has 0 aliphatic carbocycles. The Balaban J connectivity index is 1.43. The molecule has 184 valence electrons. The summed E-state index contributed by atoms with van der Waals surface area (Å²) >= 11 is 1.55. The Morgan fingerprint density at radius 2 is 1.68 bits per heavy atom. The number of hydrogen-bond donors (Lipinski definition) is 2. The Kier molecular flexibility index (Phi) is 5.09. The molecule has 0 aliphatic heterocycles. The number of anilines is 2. The lowest BCUT2D eigenvalue weighted by molar-refractivity contribution is 0.706. The van der Waals surface area contributed by atoms with Crippen molar-refractivity contribution in [2.24, 2.45) is 0 Å². The molecule has 0 atom stereocenters. The second-order valence-corrected chi connectivity index (χ2v) is 10.5. The van der Waals surface area contributed by atoms with Crippen molar-refractivity contribution < 1.29 is 0 Å². The van der Waals surface area contributed by atoms with Gasteiger partial charge in [-0.2, -0.15) is 5.10 Å². The van der Waals surface area contributed by atoms with Crippen LogP contribution in [0.1, 0.15) is 11.1 Å². The lowest BCUT2D eigenvalue weighted by atomic mass is 9.99. The van der Waals surface area contributed by atoms with Crippen LogP contribution in [0.4, 0.5) is 10.8 Å². The number of rotatable bonds is 4. The van der Waals surface area contributed by atoms with Gasteiger partial charge in [0.1, 0.15) is 17.8 Å². The molecule has 4 aromatic heterocycles. The van der Waals surface area contributed by atoms with Gasteiger partial charge in [0.25, 0.3) is 0 Å². The number of aryl methyl sites for hydroxylation is 1. The molecule has 0 amide bonds. The van der Waals surface area contributed by atoms with Crippen molar-refractivity contribution in [2.45, 2.75) is 13.5 Å². The van der Waals surface area contributed by atoms with E-state index in [-0.39, 0.29) is 0 Å². The zero-order chi connectivity index (χ0) is 25.8. The van der Waals surface area contributed by atoms with Crippen LogP contribution in [-0.2, 0) is 6.54 Å². The van der Waals surface area contributed by atoms with E-state index in [0.29, 0.717) is 18.0 Å². The van der Waals surface area contributed by atoms with Crippen LogP contribution in [0.3, 0.4) is 0 Å². The summed E-state index contributed by atoms with van der Waals surface area (Å²) in [6, 6.07) is 26.9. The van der Waals surface area contributed by atoms with E-state index < -0.39 is 0 Å². The number of pyridine rings is 1. The average molecular weight is 514 g/mol. The third kappa shape index (κ3) is 3.65. The van der Waals surface area contributed by atoms with E-state index in [1.165, 1.54) is 6.33 Å². The van der Waals surface area contributed by atoms with Gasteiger partial charge >= 0.3 is 0 Å². The minimum Gasteiger partial charge on any atom is -0.391 e. The first-order valence-electron chi connectivity index (χ1n) is 12.3. The van der Waals surface area contributed by atoms with Crippen molar-refractivity contribution in [3.8, 4) is 22.5 Å². The quantitative estimate of drug-likeness (QED) is 0.280. The monoisotopic (exact) mass is 513 g/mol. The molecular weight excluding hydrogens is 490 g/mol. The van der Waals surface area contributed by atoms with Crippen LogP contribution in [0.2, 0.25) is 0 Å². The number of aromatic nitrogens is 5. The largest absolute Gasteiger partial charge is 0.391 e. The van der Waals surface area contributed by atoms with E-state index in [4.69, 9.17) is 21.5 Å². The Hall–Kier alpha value is -4.82. The fourth-order valence-corrected chi connectivity index (χ4v) is 5.93. The van der Waals surface area contributed by atoms with E-state index in [9.17, 15) is 0 Å². The SMILES string of the molecule is Cc1ccccc1-c1nc2ccccc2cc1Cn1nc(-c2ccc3cc(N)sc3c2)c2c(N)ncnc21. The summed E-state index contributed by atoms with van der Waals surface area (Å²) in [5.41, 5.74) is 20.0. The zero-order valence-electron chi connectivity index (χ0n) is 20.6. The topological polar surface area (TPSA) is 109 Å². The Morgan fingerprint density at radius 3 is 2.58 bits per heavy atom. The maximum absolute atomic E-state index is 6.40. The second kappa shape index (κ2) is 8.64. The molecule has 7 rings (SSSR count). The van der Waals surface area contributed by atoms with Crippen molar-refractivity contribution in [3.05, 3.63) is 96.3 Å². The highest BCUT2D eigenvalue weighted by molar-refractivity contribution is 7.22. The molecule has 0 radical (unpaired) electrons. The molecule has 4 heterocycles. The molecule has 8 heteroatoms. The van der Waals surface area contributed by atoms with Gasteiger partial charge in [-0.3, -0.25) is 0 Å². The Bertz CT molecular complexity index is 2000. The molecule has 4 N–H and O–H groups in total. The molecule has 0 spiro atoms. The van der Waals surface area contributed by atoms with Gasteiger partial charge in [0.15, 0.2) is 5.65 Å². The summed E-state index contributed by atoms with van der Waals surface area (Å²) in [6.45, 7) is 2.58. The number of fused-ring (bicyclic) bond motifs is 3. The number of hydrogen-bond acceptors (Lipinski definition) is 7. The second-order valence-electron chi connectivity index (χ2n) is 9.37. The highest BCUT2D eigenvalue weighted by atomic mass is 32.1. The van der Waals surface area contributed by atoms with Crippen molar-refractivity contribution in [3.63, 3.8) is 0 Å². The fourth-order valence-electron chi connectivity index (χ4n) is 5.06. The molecule has 0 unspecified atom stereocenters. The van der Waals surface area contributed by atoms with Crippen molar-refractivity contribution in [1.29, 1.82) is 0 Å². The fraction of sp³-hybridized carbons (Fsp3) is 0.0667. The lowest BCUT2D eigenvalue weighted by Crippen LogP contribution is -2.06. The number of nitrogens with zero attached hydrogens (tertiary/aromatic N) is 5. The first kappa shape index (κ1) is 22.4. The zero-order valence-corrected chi connectivity index (χ0v) is 21.4. The molecule has 0 saturated carbocycles. The first-order valence-corrected chi connectivity index (χ1v) is 13.1. The normalized spacial score (nSPS) is 11.6. The van der Waals surface area contributed by atoms with Gasteiger partial charge in [0.2, 0.25) is 0 Å². The summed E-state index contributed by atoms with van der Waals surface area (Å²) in [5, 5.41) is 8.75. The maximum Gasteiger partial charge on any atom is 0.164 e. The number of nitrogens with two attached hydrogens (primary N) is 2. The minimum absolute atomic E-state index is 0.401. The minimum atomic E-state index is 0.401. The number of benzene rings is 3. The highest BCUT2D eigenvalue weighted by Gasteiger charge is 2.20. The van der Waals surface area contributed by atoms with Crippen LogP contribution in [-0.4, -0.2) is 24.7 Å². The summed E-state index contributed by atoms with van der Waals surface area (Å²) in [5.74, 6) is 0.401. The van der Waals surface area contributed by atoms with Crippen LogP contribution >= 0.6 is 11.3 Å². The van der Waals surface area contributed by atoms with Crippen LogP contribution in [0.25, 0.3) is 54.5 Å². The maximum atomic E-state index is 6.40. The molecule has 0 bridgehead atoms. The van der Waals surface area contributed by atoms with E-state index in [1.54, 1.807) is 11.3 Å². The predicted octanol–water partition coefficient (Wildman–Crippen LogP) is 6.44. The standard InChI is InChI=1S/C30H23N7S/c1-17-6-2-4-8-22(17)27-21(12-18-7-3-5-9-23(18)35-27)15-37-30-26(29(32)33-16-34-30)28(36-37)20-11-10-19-14-25(31)38-24(19)13-20/h2-14,16H,15,31H2,1H3,(H2,32,33,34). The van der Waals surface area contributed by atoms with E-state index in [0.717, 1.165) is 65.0 Å². The third-order valence-electron chi connectivity index (χ3n) is 6.89. The molecule has 0 fully saturated rings. The summed E-state index contributed by atoms with van der Waals surface area (Å²) in [7, 11) is 0. The third-order valence-corrected chi connectivity index (χ3v) is 7.82. The van der Waals surface area contributed by atoms with Crippen molar-refractivity contribution in [1.82, 2.24) is 24.7 Å². The molecule has 7 aromatic rings. The molecule has 3 aromatic carbocycles. The van der Waals surface area contributed by atoms with Gasteiger partial charge in [-0.1, -0.05) is 54.6 Å². The molecule has 0 saturated heterocycles. The number of para-hydroxylation sites is 1. The van der Waals surface area contributed by atoms with E-state index in [2.05, 4.69) is 53.3 Å². The number of nitrogen functional groups attached to an aromatic ring is 2. The van der Waals surface area contributed by atoms with Gasteiger partial charge in [-0.25, -0.2) is 19.6 Å². The lowest BCUT2D eigenvalue weighted by Gasteiger charge is -2.13.